The number of aromatic hydroxyl groups is 1. The van der Waals surface area contributed by atoms with Crippen molar-refractivity contribution >= 4 is 11.6 Å². The van der Waals surface area contributed by atoms with Crippen molar-refractivity contribution in [1.82, 2.24) is 4.98 Å². The summed E-state index contributed by atoms with van der Waals surface area (Å²) in [5.41, 5.74) is 2.58. The maximum Gasteiger partial charge on any atom is 0.257 e. The maximum absolute atomic E-state index is 12.0. The summed E-state index contributed by atoms with van der Waals surface area (Å²) in [4.78, 5) is 15.8. The first-order valence-corrected chi connectivity index (χ1v) is 6.26. The molecule has 0 bridgehead atoms. The third kappa shape index (κ3) is 3.81. The van der Waals surface area contributed by atoms with E-state index < -0.39 is 0 Å². The number of carbonyl (C=O) groups is 1. The van der Waals surface area contributed by atoms with Crippen molar-refractivity contribution in [3.63, 3.8) is 0 Å². The number of rotatable bonds is 2. The van der Waals surface area contributed by atoms with Crippen LogP contribution in [0.2, 0.25) is 0 Å². The molecule has 5 nitrogen and oxygen atoms in total. The fraction of sp³-hybridized carbons (Fsp3) is 0.125. The van der Waals surface area contributed by atoms with Gasteiger partial charge in [-0.2, -0.15) is 0 Å². The number of aliphatic hydroxyl groups excluding tert-OH is 1. The zero-order chi connectivity index (χ0) is 15.2. The third-order valence-electron chi connectivity index (χ3n) is 2.77. The Hall–Kier alpha value is -2.84. The average Bonchev–Trinajstić information content (AvgIpc) is 2.46. The number of anilines is 1. The van der Waals surface area contributed by atoms with E-state index in [-0.39, 0.29) is 23.8 Å². The van der Waals surface area contributed by atoms with Gasteiger partial charge in [0.1, 0.15) is 12.4 Å². The fourth-order valence-electron chi connectivity index (χ4n) is 1.77. The van der Waals surface area contributed by atoms with Crippen molar-refractivity contribution in [2.75, 3.05) is 11.9 Å². The van der Waals surface area contributed by atoms with E-state index in [1.165, 1.54) is 18.5 Å². The summed E-state index contributed by atoms with van der Waals surface area (Å²) >= 11 is 0. The van der Waals surface area contributed by atoms with Crippen LogP contribution >= 0.6 is 0 Å². The molecule has 0 spiro atoms. The number of benzene rings is 1. The predicted octanol–water partition coefficient (Wildman–Crippen LogP) is 1.69. The molecule has 1 aromatic heterocycles. The Kier molecular flexibility index (Phi) is 4.54. The molecule has 21 heavy (non-hydrogen) atoms. The first-order chi connectivity index (χ1) is 10.1. The van der Waals surface area contributed by atoms with Gasteiger partial charge >= 0.3 is 0 Å². The van der Waals surface area contributed by atoms with Crippen molar-refractivity contribution < 1.29 is 15.0 Å². The highest BCUT2D eigenvalue weighted by molar-refractivity contribution is 6.04. The number of aliphatic hydroxyl groups is 1. The fourth-order valence-corrected chi connectivity index (χ4v) is 1.77. The number of nitrogens with zero attached hydrogens (tertiary/aromatic N) is 1. The Morgan fingerprint density at radius 3 is 2.81 bits per heavy atom. The molecule has 5 heteroatoms. The van der Waals surface area contributed by atoms with Crippen molar-refractivity contribution in [2.24, 2.45) is 0 Å². The average molecular weight is 282 g/mol. The molecule has 2 rings (SSSR count). The summed E-state index contributed by atoms with van der Waals surface area (Å²) < 4.78 is 0. The number of carbonyl (C=O) groups excluding carboxylic acids is 1. The number of amides is 1. The van der Waals surface area contributed by atoms with Crippen LogP contribution in [0, 0.1) is 18.8 Å². The number of hydrogen-bond acceptors (Lipinski definition) is 4. The maximum atomic E-state index is 12.0. The number of aromatic nitrogens is 1. The van der Waals surface area contributed by atoms with Crippen LogP contribution in [0.25, 0.3) is 0 Å². The predicted molar refractivity (Wildman–Crippen MR) is 79.0 cm³/mol. The van der Waals surface area contributed by atoms with Crippen molar-refractivity contribution in [3.8, 4) is 17.6 Å². The first kappa shape index (κ1) is 14.6. The molecule has 0 unspecified atom stereocenters. The van der Waals surface area contributed by atoms with Gasteiger partial charge in [0.15, 0.2) is 0 Å². The van der Waals surface area contributed by atoms with Gasteiger partial charge in [-0.1, -0.05) is 11.8 Å². The monoisotopic (exact) mass is 282 g/mol. The molecule has 0 aliphatic heterocycles. The Morgan fingerprint density at radius 2 is 2.14 bits per heavy atom. The molecule has 0 saturated carbocycles. The zero-order valence-corrected chi connectivity index (χ0v) is 11.4. The van der Waals surface area contributed by atoms with E-state index in [1.807, 2.05) is 6.92 Å². The molecule has 1 aromatic carbocycles. The molecule has 2 aromatic rings. The summed E-state index contributed by atoms with van der Waals surface area (Å²) in [6, 6.07) is 6.63. The summed E-state index contributed by atoms with van der Waals surface area (Å²) in [7, 11) is 0. The van der Waals surface area contributed by atoms with Crippen molar-refractivity contribution in [2.45, 2.75) is 6.92 Å². The van der Waals surface area contributed by atoms with Crippen LogP contribution < -0.4 is 5.32 Å². The van der Waals surface area contributed by atoms with E-state index in [0.717, 1.165) is 11.1 Å². The second-order valence-corrected chi connectivity index (χ2v) is 4.38. The SMILES string of the molecule is Cc1cc(NC(=O)c2cncc(O)c2)ccc1C#CCO. The van der Waals surface area contributed by atoms with Gasteiger partial charge in [0.05, 0.1) is 11.8 Å². The summed E-state index contributed by atoms with van der Waals surface area (Å²) in [6.45, 7) is 1.68. The summed E-state index contributed by atoms with van der Waals surface area (Å²) in [6.07, 6.45) is 2.64. The standard InChI is InChI=1S/C16H14N2O3/c1-11-7-14(5-4-12(11)3-2-6-19)18-16(21)13-8-15(20)10-17-9-13/h4-5,7-10,19-20H,6H2,1H3,(H,18,21). The lowest BCUT2D eigenvalue weighted by Gasteiger charge is -2.07. The smallest absolute Gasteiger partial charge is 0.257 e. The highest BCUT2D eigenvalue weighted by atomic mass is 16.3. The van der Waals surface area contributed by atoms with Gasteiger partial charge in [0.2, 0.25) is 0 Å². The Morgan fingerprint density at radius 1 is 1.33 bits per heavy atom. The molecule has 0 radical (unpaired) electrons. The lowest BCUT2D eigenvalue weighted by molar-refractivity contribution is 0.102. The van der Waals surface area contributed by atoms with E-state index in [2.05, 4.69) is 22.1 Å². The van der Waals surface area contributed by atoms with E-state index >= 15 is 0 Å². The molecule has 1 heterocycles. The largest absolute Gasteiger partial charge is 0.506 e. The quantitative estimate of drug-likeness (QED) is 0.732. The van der Waals surface area contributed by atoms with Crippen LogP contribution in [0.5, 0.6) is 5.75 Å². The second-order valence-electron chi connectivity index (χ2n) is 4.38. The topological polar surface area (TPSA) is 82.5 Å². The summed E-state index contributed by atoms with van der Waals surface area (Å²) in [5, 5.41) is 20.7. The van der Waals surface area contributed by atoms with Crippen LogP contribution in [0.4, 0.5) is 5.69 Å². The highest BCUT2D eigenvalue weighted by Crippen LogP contribution is 2.16. The number of hydrogen-bond donors (Lipinski definition) is 3. The number of pyridine rings is 1. The van der Waals surface area contributed by atoms with Gasteiger partial charge in [-0.25, -0.2) is 0 Å². The molecule has 1 amide bonds. The van der Waals surface area contributed by atoms with E-state index in [4.69, 9.17) is 5.11 Å². The molecule has 0 aliphatic rings. The zero-order valence-electron chi connectivity index (χ0n) is 11.4. The van der Waals surface area contributed by atoms with Gasteiger partial charge in [0, 0.05) is 17.4 Å². The number of aryl methyl sites for hydroxylation is 1. The van der Waals surface area contributed by atoms with Crippen LogP contribution in [-0.4, -0.2) is 27.7 Å². The molecule has 0 saturated heterocycles. The highest BCUT2D eigenvalue weighted by Gasteiger charge is 2.08. The molecule has 3 N–H and O–H groups in total. The van der Waals surface area contributed by atoms with Gasteiger partial charge in [0.25, 0.3) is 5.91 Å². The van der Waals surface area contributed by atoms with Gasteiger partial charge in [-0.3, -0.25) is 9.78 Å². The third-order valence-corrected chi connectivity index (χ3v) is 2.77. The Labute approximate surface area is 122 Å². The molecular formula is C16H14N2O3. The first-order valence-electron chi connectivity index (χ1n) is 6.26. The number of nitrogens with one attached hydrogen (secondary N) is 1. The molecule has 106 valence electrons. The molecule has 0 fully saturated rings. The van der Waals surface area contributed by atoms with E-state index in [9.17, 15) is 9.90 Å². The normalized spacial score (nSPS) is 9.62. The minimum atomic E-state index is -0.355. The Balaban J connectivity index is 2.17. The molecule has 0 aliphatic carbocycles. The lowest BCUT2D eigenvalue weighted by Crippen LogP contribution is -2.12. The van der Waals surface area contributed by atoms with Gasteiger partial charge in [-0.15, -0.1) is 0 Å². The van der Waals surface area contributed by atoms with E-state index in [0.29, 0.717) is 5.69 Å². The lowest BCUT2D eigenvalue weighted by atomic mass is 10.1. The van der Waals surface area contributed by atoms with Gasteiger partial charge < -0.3 is 15.5 Å². The van der Waals surface area contributed by atoms with Gasteiger partial charge in [-0.05, 0) is 36.8 Å². The van der Waals surface area contributed by atoms with Crippen LogP contribution in [0.15, 0.2) is 36.7 Å². The minimum Gasteiger partial charge on any atom is -0.506 e. The summed E-state index contributed by atoms with van der Waals surface area (Å²) in [5.74, 6) is 4.99. The van der Waals surface area contributed by atoms with Crippen molar-refractivity contribution in [3.05, 3.63) is 53.3 Å². The molecule has 0 atom stereocenters. The Bertz CT molecular complexity index is 730. The minimum absolute atomic E-state index is 0.0616. The van der Waals surface area contributed by atoms with E-state index in [1.54, 1.807) is 18.2 Å². The van der Waals surface area contributed by atoms with Crippen LogP contribution in [0.1, 0.15) is 21.5 Å². The van der Waals surface area contributed by atoms with Crippen molar-refractivity contribution in [1.29, 1.82) is 0 Å². The second kappa shape index (κ2) is 6.55. The molecular weight excluding hydrogens is 268 g/mol. The van der Waals surface area contributed by atoms with Crippen LogP contribution in [-0.2, 0) is 0 Å². The van der Waals surface area contributed by atoms with Crippen LogP contribution in [0.3, 0.4) is 0 Å².